The van der Waals surface area contributed by atoms with Gasteiger partial charge in [-0.2, -0.15) is 0 Å². The van der Waals surface area contributed by atoms with Crippen LogP contribution < -0.4 is 10.6 Å². The number of carbonyl (C=O) groups excluding carboxylic acids is 4. The molecule has 9 nitrogen and oxygen atoms in total. The largest absolute Gasteiger partial charge is 0.466 e. The van der Waals surface area contributed by atoms with Crippen molar-refractivity contribution in [2.24, 2.45) is 0 Å². The van der Waals surface area contributed by atoms with Gasteiger partial charge in [0.1, 0.15) is 17.7 Å². The zero-order valence-electron chi connectivity index (χ0n) is 22.2. The summed E-state index contributed by atoms with van der Waals surface area (Å²) in [4.78, 5) is 52.6. The van der Waals surface area contributed by atoms with E-state index in [4.69, 9.17) is 9.47 Å². The normalized spacial score (nSPS) is 12.6. The lowest BCUT2D eigenvalue weighted by Crippen LogP contribution is -2.52. The molecule has 2 aromatic rings. The molecule has 0 radical (unpaired) electrons. The Morgan fingerprint density at radius 2 is 1.54 bits per heavy atom. The number of amides is 3. The molecule has 2 unspecified atom stereocenters. The van der Waals surface area contributed by atoms with Crippen LogP contribution in [0.15, 0.2) is 60.7 Å². The summed E-state index contributed by atoms with van der Waals surface area (Å²) in [7, 11) is 1.51. The number of benzene rings is 2. The molecule has 2 N–H and O–H groups in total. The lowest BCUT2D eigenvalue weighted by molar-refractivity contribution is -0.143. The molecule has 2 atom stereocenters. The number of nitrogens with one attached hydrogen (secondary N) is 2. The van der Waals surface area contributed by atoms with E-state index in [1.807, 2.05) is 36.4 Å². The van der Waals surface area contributed by atoms with Crippen LogP contribution in [0, 0.1) is 0 Å². The Bertz CT molecular complexity index is 1040. The van der Waals surface area contributed by atoms with Crippen molar-refractivity contribution in [3.05, 3.63) is 71.8 Å². The fourth-order valence-corrected chi connectivity index (χ4v) is 3.68. The van der Waals surface area contributed by atoms with Gasteiger partial charge in [-0.05, 0) is 38.8 Å². The first-order chi connectivity index (χ1) is 17.5. The van der Waals surface area contributed by atoms with Crippen LogP contribution in [-0.4, -0.2) is 60.6 Å². The molecule has 3 amide bonds. The molecule has 0 saturated carbocycles. The van der Waals surface area contributed by atoms with Crippen LogP contribution in [0.2, 0.25) is 0 Å². The van der Waals surface area contributed by atoms with Gasteiger partial charge >= 0.3 is 12.1 Å². The predicted molar refractivity (Wildman–Crippen MR) is 140 cm³/mol. The van der Waals surface area contributed by atoms with Gasteiger partial charge in [-0.1, -0.05) is 60.7 Å². The van der Waals surface area contributed by atoms with E-state index in [1.54, 1.807) is 52.0 Å². The van der Waals surface area contributed by atoms with Crippen molar-refractivity contribution in [1.82, 2.24) is 15.5 Å². The number of likely N-dealkylation sites (N-methyl/N-ethyl adjacent to an activating group) is 1. The van der Waals surface area contributed by atoms with Gasteiger partial charge in [0.05, 0.1) is 13.0 Å². The van der Waals surface area contributed by atoms with Crippen LogP contribution in [0.3, 0.4) is 0 Å². The second-order valence-electron chi connectivity index (χ2n) is 9.50. The van der Waals surface area contributed by atoms with E-state index < -0.39 is 41.6 Å². The standard InChI is InChI=1S/C28H37N3O6/c1-6-36-23(32)17-18-29-25(33)24(21-15-11-8-12-16-21)31(5)26(34)22(19-20-13-9-7-10-14-20)30-27(35)37-28(2,3)4/h7-16,22,24H,6,17-19H2,1-5H3,(H,29,33)(H,30,35). The Hall–Kier alpha value is -3.88. The first-order valence-corrected chi connectivity index (χ1v) is 12.3. The first kappa shape index (κ1) is 29.4. The van der Waals surface area contributed by atoms with Gasteiger partial charge in [0.2, 0.25) is 11.8 Å². The number of nitrogens with zero attached hydrogens (tertiary/aromatic N) is 1. The highest BCUT2D eigenvalue weighted by molar-refractivity contribution is 5.92. The second kappa shape index (κ2) is 14.0. The predicted octanol–water partition coefficient (Wildman–Crippen LogP) is 3.39. The van der Waals surface area contributed by atoms with Crippen molar-refractivity contribution in [3.8, 4) is 0 Å². The van der Waals surface area contributed by atoms with E-state index in [0.29, 0.717) is 5.56 Å². The molecule has 9 heteroatoms. The molecule has 200 valence electrons. The Labute approximate surface area is 218 Å². The third-order valence-electron chi connectivity index (χ3n) is 5.30. The summed E-state index contributed by atoms with van der Waals surface area (Å²) < 4.78 is 10.3. The second-order valence-corrected chi connectivity index (χ2v) is 9.50. The van der Waals surface area contributed by atoms with Crippen LogP contribution in [-0.2, 0) is 30.3 Å². The highest BCUT2D eigenvalue weighted by Gasteiger charge is 2.34. The van der Waals surface area contributed by atoms with E-state index in [-0.39, 0.29) is 26.0 Å². The zero-order valence-corrected chi connectivity index (χ0v) is 22.2. The van der Waals surface area contributed by atoms with Gasteiger partial charge in [0.15, 0.2) is 0 Å². The monoisotopic (exact) mass is 511 g/mol. The molecule has 0 aliphatic carbocycles. The molecule has 37 heavy (non-hydrogen) atoms. The minimum atomic E-state index is -0.991. The minimum Gasteiger partial charge on any atom is -0.466 e. The number of carbonyl (C=O) groups is 4. The summed E-state index contributed by atoms with van der Waals surface area (Å²) in [5.74, 6) is -1.35. The summed E-state index contributed by atoms with van der Waals surface area (Å²) >= 11 is 0. The van der Waals surface area contributed by atoms with Crippen LogP contribution in [0.1, 0.15) is 51.3 Å². The molecule has 0 bridgehead atoms. The summed E-state index contributed by atoms with van der Waals surface area (Å²) in [6.45, 7) is 7.23. The molecule has 0 heterocycles. The van der Waals surface area contributed by atoms with E-state index in [2.05, 4.69) is 10.6 Å². The summed E-state index contributed by atoms with van der Waals surface area (Å²) in [6, 6.07) is 16.1. The summed E-state index contributed by atoms with van der Waals surface area (Å²) in [6.07, 6.45) is -0.518. The number of ether oxygens (including phenoxy) is 2. The zero-order chi connectivity index (χ0) is 27.4. The highest BCUT2D eigenvalue weighted by atomic mass is 16.6. The maximum Gasteiger partial charge on any atom is 0.408 e. The third-order valence-corrected chi connectivity index (χ3v) is 5.30. The molecule has 2 aromatic carbocycles. The molecule has 0 fully saturated rings. The Morgan fingerprint density at radius 1 is 0.946 bits per heavy atom. The van der Waals surface area contributed by atoms with Crippen LogP contribution in [0.4, 0.5) is 4.79 Å². The Morgan fingerprint density at radius 3 is 2.11 bits per heavy atom. The van der Waals surface area contributed by atoms with Crippen molar-refractivity contribution in [2.75, 3.05) is 20.2 Å². The summed E-state index contributed by atoms with van der Waals surface area (Å²) in [5, 5.41) is 5.40. The topological polar surface area (TPSA) is 114 Å². The van der Waals surface area contributed by atoms with Gasteiger partial charge in [-0.15, -0.1) is 0 Å². The van der Waals surface area contributed by atoms with Gasteiger partial charge < -0.3 is 25.0 Å². The molecule has 0 spiro atoms. The van der Waals surface area contributed by atoms with Crippen molar-refractivity contribution < 1.29 is 28.7 Å². The van der Waals surface area contributed by atoms with E-state index >= 15 is 0 Å². The molecule has 0 aliphatic rings. The molecule has 0 aromatic heterocycles. The Balaban J connectivity index is 2.28. The third kappa shape index (κ3) is 9.95. The maximum atomic E-state index is 13.7. The van der Waals surface area contributed by atoms with E-state index in [1.165, 1.54) is 11.9 Å². The molecule has 0 saturated heterocycles. The average molecular weight is 512 g/mol. The lowest BCUT2D eigenvalue weighted by Gasteiger charge is -2.31. The number of rotatable bonds is 11. The maximum absolute atomic E-state index is 13.7. The van der Waals surface area contributed by atoms with Gasteiger partial charge in [0.25, 0.3) is 0 Å². The number of hydrogen-bond acceptors (Lipinski definition) is 6. The molecule has 0 aliphatic heterocycles. The number of hydrogen-bond donors (Lipinski definition) is 2. The number of esters is 1. The molecule has 2 rings (SSSR count). The minimum absolute atomic E-state index is 0.00951. The quantitative estimate of drug-likeness (QED) is 0.447. The van der Waals surface area contributed by atoms with Crippen molar-refractivity contribution in [2.45, 2.75) is 58.2 Å². The summed E-state index contributed by atoms with van der Waals surface area (Å²) in [5.41, 5.74) is 0.671. The van der Waals surface area contributed by atoms with Gasteiger partial charge in [0, 0.05) is 20.0 Å². The fourth-order valence-electron chi connectivity index (χ4n) is 3.68. The van der Waals surface area contributed by atoms with Gasteiger partial charge in [-0.25, -0.2) is 4.79 Å². The Kier molecular flexibility index (Phi) is 11.1. The lowest BCUT2D eigenvalue weighted by atomic mass is 10.0. The van der Waals surface area contributed by atoms with Gasteiger partial charge in [-0.3, -0.25) is 14.4 Å². The first-order valence-electron chi connectivity index (χ1n) is 12.3. The smallest absolute Gasteiger partial charge is 0.408 e. The van der Waals surface area contributed by atoms with Crippen LogP contribution in [0.25, 0.3) is 0 Å². The van der Waals surface area contributed by atoms with Crippen molar-refractivity contribution in [3.63, 3.8) is 0 Å². The van der Waals surface area contributed by atoms with Crippen LogP contribution >= 0.6 is 0 Å². The number of alkyl carbamates (subject to hydrolysis) is 1. The van der Waals surface area contributed by atoms with Crippen molar-refractivity contribution >= 4 is 23.9 Å². The van der Waals surface area contributed by atoms with Crippen LogP contribution in [0.5, 0.6) is 0 Å². The van der Waals surface area contributed by atoms with E-state index in [9.17, 15) is 19.2 Å². The van der Waals surface area contributed by atoms with E-state index in [0.717, 1.165) is 5.56 Å². The fraction of sp³-hybridized carbons (Fsp3) is 0.429. The average Bonchev–Trinajstić information content (AvgIpc) is 2.83. The highest BCUT2D eigenvalue weighted by Crippen LogP contribution is 2.21. The molecular formula is C28H37N3O6. The molecular weight excluding hydrogens is 474 g/mol. The van der Waals surface area contributed by atoms with Crippen molar-refractivity contribution in [1.29, 1.82) is 0 Å². The SMILES string of the molecule is CCOC(=O)CCNC(=O)C(c1ccccc1)N(C)C(=O)C(Cc1ccccc1)NC(=O)OC(C)(C)C.